The van der Waals surface area contributed by atoms with Crippen LogP contribution in [0.4, 0.5) is 18.9 Å². The molecule has 1 aliphatic heterocycles. The third-order valence-corrected chi connectivity index (χ3v) is 4.77. The quantitative estimate of drug-likeness (QED) is 0.559. The van der Waals surface area contributed by atoms with E-state index in [0.29, 0.717) is 29.9 Å². The third kappa shape index (κ3) is 5.13. The minimum Gasteiger partial charge on any atom is -0.397 e. The molecule has 0 fully saturated rings. The van der Waals surface area contributed by atoms with Gasteiger partial charge < -0.3 is 15.6 Å². The minimum atomic E-state index is -4.49. The number of fused-ring (bicyclic) bond motifs is 1. The summed E-state index contributed by atoms with van der Waals surface area (Å²) in [6.45, 7) is 5.74. The van der Waals surface area contributed by atoms with Crippen LogP contribution in [0.1, 0.15) is 49.9 Å². The summed E-state index contributed by atoms with van der Waals surface area (Å²) in [5.41, 5.74) is 7.23. The van der Waals surface area contributed by atoms with E-state index in [1.165, 1.54) is 29.1 Å². The molecule has 162 valence electrons. The topological polar surface area (TPSA) is 75.6 Å². The molecule has 1 aliphatic rings. The van der Waals surface area contributed by atoms with Crippen molar-refractivity contribution in [2.45, 2.75) is 39.4 Å². The van der Waals surface area contributed by atoms with E-state index in [9.17, 15) is 18.0 Å². The van der Waals surface area contributed by atoms with Crippen LogP contribution in [0.3, 0.4) is 0 Å². The van der Waals surface area contributed by atoms with Gasteiger partial charge in [0.25, 0.3) is 0 Å². The number of amides is 1. The van der Waals surface area contributed by atoms with Gasteiger partial charge >= 0.3 is 6.18 Å². The van der Waals surface area contributed by atoms with E-state index in [1.807, 2.05) is 44.2 Å². The Balaban J connectivity index is 0.00000155. The highest BCUT2D eigenvalue weighted by molar-refractivity contribution is 5.93. The molecule has 2 aromatic rings. The molecule has 0 saturated heterocycles. The van der Waals surface area contributed by atoms with Crippen LogP contribution in [0.25, 0.3) is 5.70 Å². The maximum Gasteiger partial charge on any atom is 0.416 e. The van der Waals surface area contributed by atoms with Crippen molar-refractivity contribution in [3.05, 3.63) is 71.4 Å². The van der Waals surface area contributed by atoms with Crippen molar-refractivity contribution in [2.75, 3.05) is 11.4 Å². The highest BCUT2D eigenvalue weighted by Gasteiger charge is 2.35. The van der Waals surface area contributed by atoms with Crippen LogP contribution in [0.5, 0.6) is 0 Å². The van der Waals surface area contributed by atoms with Gasteiger partial charge in [0, 0.05) is 30.9 Å². The molecule has 5 nitrogen and oxygen atoms in total. The van der Waals surface area contributed by atoms with Crippen LogP contribution in [0.15, 0.2) is 54.7 Å². The molecule has 0 saturated carbocycles. The van der Waals surface area contributed by atoms with Gasteiger partial charge in [-0.25, -0.2) is 5.84 Å². The maximum absolute atomic E-state index is 13.2. The van der Waals surface area contributed by atoms with Crippen molar-refractivity contribution < 1.29 is 18.0 Å². The Morgan fingerprint density at radius 2 is 1.80 bits per heavy atom. The number of nitrogens with two attached hydrogens (primary N) is 2. The van der Waals surface area contributed by atoms with Crippen molar-refractivity contribution in [1.82, 2.24) is 5.01 Å². The lowest BCUT2D eigenvalue weighted by Gasteiger charge is -2.38. The fourth-order valence-electron chi connectivity index (χ4n) is 3.36. The summed E-state index contributed by atoms with van der Waals surface area (Å²) in [6.07, 6.45) is -2.60. The number of carbonyl (C=O) groups excluding carboxylic acids is 1. The first-order valence-corrected chi connectivity index (χ1v) is 9.73. The van der Waals surface area contributed by atoms with Crippen molar-refractivity contribution in [1.29, 1.82) is 0 Å². The summed E-state index contributed by atoms with van der Waals surface area (Å²) in [6, 6.07) is 11.9. The molecule has 3 rings (SSSR count). The molecule has 0 spiro atoms. The molecule has 0 aliphatic carbocycles. The Bertz CT molecular complexity index is 897. The highest BCUT2D eigenvalue weighted by atomic mass is 19.4. The second-order valence-electron chi connectivity index (χ2n) is 6.64. The van der Waals surface area contributed by atoms with Crippen LogP contribution in [0, 0.1) is 0 Å². The zero-order valence-corrected chi connectivity index (χ0v) is 17.3. The fraction of sp³-hybridized carbons (Fsp3) is 0.318. The van der Waals surface area contributed by atoms with E-state index in [2.05, 4.69) is 0 Å². The number of halogens is 3. The predicted molar refractivity (Wildman–Crippen MR) is 113 cm³/mol. The number of hydrogen-bond acceptors (Lipinski definition) is 4. The van der Waals surface area contributed by atoms with Gasteiger partial charge in [-0.1, -0.05) is 44.2 Å². The number of hydrogen-bond donors (Lipinski definition) is 2. The first kappa shape index (κ1) is 23.3. The smallest absolute Gasteiger partial charge is 0.397 e. The molecule has 1 amide bonds. The molecular formula is C22H27F3N4O. The van der Waals surface area contributed by atoms with Crippen molar-refractivity contribution in [2.24, 2.45) is 11.6 Å². The first-order chi connectivity index (χ1) is 14.2. The zero-order chi connectivity index (χ0) is 22.5. The van der Waals surface area contributed by atoms with E-state index >= 15 is 0 Å². The van der Waals surface area contributed by atoms with E-state index in [0.717, 1.165) is 17.7 Å². The second-order valence-corrected chi connectivity index (χ2v) is 6.64. The van der Waals surface area contributed by atoms with Gasteiger partial charge in [-0.3, -0.25) is 4.79 Å². The van der Waals surface area contributed by atoms with Gasteiger partial charge in [-0.05, 0) is 30.2 Å². The number of nitrogens with zero attached hydrogens (tertiary/aromatic N) is 2. The molecule has 4 N–H and O–H groups in total. The average molecular weight is 420 g/mol. The molecule has 0 bridgehead atoms. The lowest BCUT2D eigenvalue weighted by Crippen LogP contribution is -2.41. The van der Waals surface area contributed by atoms with Gasteiger partial charge in [0.1, 0.15) is 0 Å². The number of alkyl halides is 3. The molecule has 1 unspecified atom stereocenters. The van der Waals surface area contributed by atoms with Gasteiger partial charge in [0.2, 0.25) is 5.91 Å². The van der Waals surface area contributed by atoms with Crippen LogP contribution in [-0.2, 0) is 11.0 Å². The van der Waals surface area contributed by atoms with Crippen molar-refractivity contribution in [3.63, 3.8) is 0 Å². The maximum atomic E-state index is 13.2. The Kier molecular flexibility index (Phi) is 7.50. The number of anilines is 1. The van der Waals surface area contributed by atoms with E-state index < -0.39 is 17.8 Å². The van der Waals surface area contributed by atoms with Crippen LogP contribution in [-0.4, -0.2) is 17.5 Å². The number of rotatable bonds is 3. The van der Waals surface area contributed by atoms with Gasteiger partial charge in [0.05, 0.1) is 17.3 Å². The zero-order valence-electron chi connectivity index (χ0n) is 17.3. The Morgan fingerprint density at radius 1 is 1.17 bits per heavy atom. The summed E-state index contributed by atoms with van der Waals surface area (Å²) in [5.74, 6) is 5.94. The van der Waals surface area contributed by atoms with E-state index in [-0.39, 0.29) is 5.91 Å². The van der Waals surface area contributed by atoms with Crippen LogP contribution < -0.4 is 16.5 Å². The third-order valence-electron chi connectivity index (χ3n) is 4.77. The summed E-state index contributed by atoms with van der Waals surface area (Å²) in [5, 5.41) is 1.32. The summed E-state index contributed by atoms with van der Waals surface area (Å²) < 4.78 is 39.6. The molecule has 30 heavy (non-hydrogen) atoms. The SMILES string of the molecule is CC.CC(=O)N1CCC(N(N)/C=C(\N)c2ccccc2)c2cc(C(F)(F)F)ccc21. The Morgan fingerprint density at radius 3 is 2.37 bits per heavy atom. The van der Waals surface area contributed by atoms with E-state index in [1.54, 1.807) is 0 Å². The van der Waals surface area contributed by atoms with Crippen LogP contribution >= 0.6 is 0 Å². The Hall–Kier alpha value is -3.00. The standard InChI is InChI=1S/C20H21F3N4O.C2H6/c1-13(28)26-10-9-19(16-11-15(20(21,22)23)7-8-18(16)26)27(25)12-17(24)14-5-3-2-4-6-14;1-2/h2-8,11-12,19H,9-10,24-25H2,1H3;1-2H3/b17-12-;. The van der Waals surface area contributed by atoms with Gasteiger partial charge in [-0.15, -0.1) is 0 Å². The molecular weight excluding hydrogens is 393 g/mol. The summed E-state index contributed by atoms with van der Waals surface area (Å²) >= 11 is 0. The van der Waals surface area contributed by atoms with Crippen molar-refractivity contribution in [3.8, 4) is 0 Å². The Labute approximate surface area is 174 Å². The molecule has 0 radical (unpaired) electrons. The number of hydrazine groups is 1. The van der Waals surface area contributed by atoms with E-state index in [4.69, 9.17) is 11.6 Å². The number of benzene rings is 2. The predicted octanol–water partition coefficient (Wildman–Crippen LogP) is 4.66. The lowest BCUT2D eigenvalue weighted by molar-refractivity contribution is -0.137. The molecule has 8 heteroatoms. The minimum absolute atomic E-state index is 0.234. The monoisotopic (exact) mass is 420 g/mol. The largest absolute Gasteiger partial charge is 0.416 e. The van der Waals surface area contributed by atoms with Gasteiger partial charge in [-0.2, -0.15) is 13.2 Å². The molecule has 0 aromatic heterocycles. The summed E-state index contributed by atoms with van der Waals surface area (Å²) in [4.78, 5) is 13.4. The highest BCUT2D eigenvalue weighted by Crippen LogP contribution is 2.40. The summed E-state index contributed by atoms with van der Waals surface area (Å²) in [7, 11) is 0. The average Bonchev–Trinajstić information content (AvgIpc) is 2.73. The lowest BCUT2D eigenvalue weighted by atomic mass is 9.93. The number of carbonyl (C=O) groups is 1. The fourth-order valence-corrected chi connectivity index (χ4v) is 3.36. The molecule has 1 heterocycles. The van der Waals surface area contributed by atoms with Crippen LogP contribution in [0.2, 0.25) is 0 Å². The second kappa shape index (κ2) is 9.67. The first-order valence-electron chi connectivity index (χ1n) is 9.73. The molecule has 2 aromatic carbocycles. The van der Waals surface area contributed by atoms with Gasteiger partial charge in [0.15, 0.2) is 0 Å². The van der Waals surface area contributed by atoms with Crippen molar-refractivity contribution >= 4 is 17.3 Å². The molecule has 1 atom stereocenters. The normalized spacial score (nSPS) is 16.3.